The Morgan fingerprint density at radius 1 is 1.00 bits per heavy atom. The van der Waals surface area contributed by atoms with Crippen molar-refractivity contribution in [1.82, 2.24) is 9.80 Å². The minimum absolute atomic E-state index is 0.00904. The van der Waals surface area contributed by atoms with Crippen LogP contribution in [0.15, 0.2) is 65.6 Å². The number of imide groups is 1. The van der Waals surface area contributed by atoms with Crippen molar-refractivity contribution in [2.75, 3.05) is 25.5 Å². The van der Waals surface area contributed by atoms with Crippen LogP contribution in [0.2, 0.25) is 15.1 Å². The molecule has 1 fully saturated rings. The molecule has 8 nitrogen and oxygen atoms in total. The molecule has 1 saturated heterocycles. The summed E-state index contributed by atoms with van der Waals surface area (Å²) < 4.78 is 27.9. The van der Waals surface area contributed by atoms with Crippen molar-refractivity contribution in [2.45, 2.75) is 23.0 Å². The molecule has 0 spiro atoms. The lowest BCUT2D eigenvalue weighted by Crippen LogP contribution is -2.38. The van der Waals surface area contributed by atoms with Gasteiger partial charge in [-0.05, 0) is 72.4 Å². The lowest BCUT2D eigenvalue weighted by Gasteiger charge is -2.33. The zero-order valence-electron chi connectivity index (χ0n) is 21.2. The summed E-state index contributed by atoms with van der Waals surface area (Å²) in [6.45, 7) is 0.0946. The molecule has 40 heavy (non-hydrogen) atoms. The molecule has 1 aliphatic heterocycles. The van der Waals surface area contributed by atoms with E-state index in [9.17, 15) is 22.8 Å². The molecule has 1 heterocycles. The maximum Gasteiger partial charge on any atom is 0.326 e. The van der Waals surface area contributed by atoms with Gasteiger partial charge in [0.1, 0.15) is 6.54 Å². The maximum atomic E-state index is 14.0. The first-order chi connectivity index (χ1) is 19.0. The molecular weight excluding hydrogens is 597 g/mol. The van der Waals surface area contributed by atoms with Gasteiger partial charge >= 0.3 is 6.03 Å². The molecule has 0 bridgehead atoms. The van der Waals surface area contributed by atoms with Gasteiger partial charge in [-0.3, -0.25) is 14.5 Å². The lowest BCUT2D eigenvalue weighted by molar-refractivity contribution is -0.125. The number of amides is 4. The van der Waals surface area contributed by atoms with Crippen LogP contribution in [-0.2, 0) is 21.1 Å². The van der Waals surface area contributed by atoms with E-state index in [0.29, 0.717) is 17.7 Å². The van der Waals surface area contributed by atoms with E-state index in [1.807, 2.05) is 0 Å². The van der Waals surface area contributed by atoms with Crippen LogP contribution in [0.4, 0.5) is 10.5 Å². The number of benzene rings is 3. The van der Waals surface area contributed by atoms with Gasteiger partial charge in [0, 0.05) is 24.3 Å². The second-order valence-electron chi connectivity index (χ2n) is 9.90. The summed E-state index contributed by atoms with van der Waals surface area (Å²) in [6, 6.07) is 15.4. The average molecular weight is 621 g/mol. The monoisotopic (exact) mass is 619 g/mol. The summed E-state index contributed by atoms with van der Waals surface area (Å²) in [5.41, 5.74) is 1.75. The van der Waals surface area contributed by atoms with Crippen molar-refractivity contribution in [1.29, 1.82) is 0 Å². The first kappa shape index (κ1) is 28.4. The predicted molar refractivity (Wildman–Crippen MR) is 154 cm³/mol. The number of hydrogen-bond donors (Lipinski definition) is 1. The molecule has 5 rings (SSSR count). The first-order valence-electron chi connectivity index (χ1n) is 12.4. The number of carbonyl (C=O) groups excluding carboxylic acids is 3. The van der Waals surface area contributed by atoms with E-state index in [1.165, 1.54) is 21.9 Å². The highest BCUT2D eigenvalue weighted by molar-refractivity contribution is 7.91. The zero-order chi connectivity index (χ0) is 28.8. The Morgan fingerprint density at radius 3 is 2.35 bits per heavy atom. The Bertz CT molecular complexity index is 1630. The number of likely N-dealkylation sites (N-methyl/N-ethyl adjacent to an activating group) is 1. The Morgan fingerprint density at radius 2 is 1.70 bits per heavy atom. The van der Waals surface area contributed by atoms with Crippen molar-refractivity contribution in [3.05, 3.63) is 92.4 Å². The van der Waals surface area contributed by atoms with E-state index < -0.39 is 27.0 Å². The van der Waals surface area contributed by atoms with E-state index in [1.54, 1.807) is 55.6 Å². The SMILES string of the molecule is CN1CC(=O)N(C[C@@H]2Cc3ccc(NC(=O)c4c(Cl)cccc4Cl)cc3C(S(=O)(=O)c3cccc(Cl)c3)C2)C1=O. The van der Waals surface area contributed by atoms with Crippen molar-refractivity contribution < 1.29 is 22.8 Å². The van der Waals surface area contributed by atoms with Crippen LogP contribution in [0.3, 0.4) is 0 Å². The van der Waals surface area contributed by atoms with Crippen LogP contribution < -0.4 is 5.32 Å². The van der Waals surface area contributed by atoms with Crippen molar-refractivity contribution in [2.24, 2.45) is 5.92 Å². The second kappa shape index (κ2) is 11.0. The first-order valence-corrected chi connectivity index (χ1v) is 15.1. The number of halogens is 3. The summed E-state index contributed by atoms with van der Waals surface area (Å²) in [5.74, 6) is -1.15. The summed E-state index contributed by atoms with van der Waals surface area (Å²) in [5, 5.41) is 2.41. The topological polar surface area (TPSA) is 104 Å². The molecule has 0 radical (unpaired) electrons. The maximum absolute atomic E-state index is 14.0. The van der Waals surface area contributed by atoms with Gasteiger partial charge in [0.05, 0.1) is 25.8 Å². The summed E-state index contributed by atoms with van der Waals surface area (Å²) >= 11 is 18.5. The number of nitrogens with one attached hydrogen (secondary N) is 1. The van der Waals surface area contributed by atoms with Gasteiger partial charge in [0.25, 0.3) is 5.91 Å². The molecule has 3 aromatic rings. The Labute approximate surface area is 246 Å². The average Bonchev–Trinajstić information content (AvgIpc) is 3.14. The molecule has 208 valence electrons. The van der Waals surface area contributed by atoms with Crippen LogP contribution >= 0.6 is 34.8 Å². The van der Waals surface area contributed by atoms with Crippen LogP contribution in [0.25, 0.3) is 0 Å². The Balaban J connectivity index is 1.51. The molecule has 1 aliphatic carbocycles. The largest absolute Gasteiger partial charge is 0.326 e. The smallest absolute Gasteiger partial charge is 0.322 e. The molecule has 0 saturated carbocycles. The van der Waals surface area contributed by atoms with Crippen LogP contribution in [-0.4, -0.2) is 56.2 Å². The second-order valence-corrected chi connectivity index (χ2v) is 13.3. The number of anilines is 1. The number of hydrogen-bond acceptors (Lipinski definition) is 5. The zero-order valence-corrected chi connectivity index (χ0v) is 24.3. The fourth-order valence-electron chi connectivity index (χ4n) is 5.24. The summed E-state index contributed by atoms with van der Waals surface area (Å²) in [6.07, 6.45) is 0.610. The minimum Gasteiger partial charge on any atom is -0.322 e. The number of nitrogens with zero attached hydrogens (tertiary/aromatic N) is 2. The van der Waals surface area contributed by atoms with Crippen LogP contribution in [0, 0.1) is 5.92 Å². The number of sulfone groups is 1. The Hall–Kier alpha value is -3.11. The van der Waals surface area contributed by atoms with Gasteiger partial charge in [0.2, 0.25) is 5.91 Å². The molecule has 2 aliphatic rings. The standard InChI is InChI=1S/C28H24Cl3N3O5S/c1-33-15-25(35)34(28(33)37)14-16-10-17-8-9-19(32-27(36)26-22(30)6-3-7-23(26)31)13-21(17)24(11-16)40(38,39)20-5-2-4-18(29)12-20/h2-9,12-13,16,24H,10-11,14-15H2,1H3,(H,32,36)/t16-,24?/m1/s1. The predicted octanol–water partition coefficient (Wildman–Crippen LogP) is 5.87. The fraction of sp³-hybridized carbons (Fsp3) is 0.250. The van der Waals surface area contributed by atoms with Crippen LogP contribution in [0.5, 0.6) is 0 Å². The number of rotatable bonds is 6. The van der Waals surface area contributed by atoms with Gasteiger partial charge < -0.3 is 10.2 Å². The molecule has 1 unspecified atom stereocenters. The van der Waals surface area contributed by atoms with Gasteiger partial charge in [-0.2, -0.15) is 0 Å². The van der Waals surface area contributed by atoms with Gasteiger partial charge in [-0.15, -0.1) is 0 Å². The van der Waals surface area contributed by atoms with E-state index >= 15 is 0 Å². The van der Waals surface area contributed by atoms with E-state index in [4.69, 9.17) is 34.8 Å². The number of urea groups is 1. The molecule has 4 amide bonds. The molecular formula is C28H24Cl3N3O5S. The highest BCUT2D eigenvalue weighted by Gasteiger charge is 2.41. The van der Waals surface area contributed by atoms with Crippen molar-refractivity contribution in [3.8, 4) is 0 Å². The quantitative estimate of drug-likeness (QED) is 0.347. The van der Waals surface area contributed by atoms with Gasteiger partial charge in [-0.25, -0.2) is 13.2 Å². The van der Waals surface area contributed by atoms with Gasteiger partial charge in [0.15, 0.2) is 9.84 Å². The third kappa shape index (κ3) is 5.43. The third-order valence-corrected chi connectivity index (χ3v) is 10.1. The molecule has 0 aromatic heterocycles. The highest BCUT2D eigenvalue weighted by atomic mass is 35.5. The molecule has 2 atom stereocenters. The summed E-state index contributed by atoms with van der Waals surface area (Å²) in [7, 11) is -2.40. The van der Waals surface area contributed by atoms with Gasteiger partial charge in [-0.1, -0.05) is 53.0 Å². The minimum atomic E-state index is -3.95. The third-order valence-electron chi connectivity index (χ3n) is 7.17. The van der Waals surface area contributed by atoms with Crippen LogP contribution in [0.1, 0.15) is 33.2 Å². The number of carbonyl (C=O) groups is 3. The van der Waals surface area contributed by atoms with Crippen molar-refractivity contribution in [3.63, 3.8) is 0 Å². The van der Waals surface area contributed by atoms with Crippen molar-refractivity contribution >= 4 is 68.2 Å². The van der Waals surface area contributed by atoms with E-state index in [0.717, 1.165) is 5.56 Å². The molecule has 12 heteroatoms. The molecule has 3 aromatic carbocycles. The van der Waals surface area contributed by atoms with E-state index in [-0.39, 0.29) is 56.9 Å². The normalized spacial score (nSPS) is 19.1. The number of fused-ring (bicyclic) bond motifs is 1. The Kier molecular flexibility index (Phi) is 7.85. The highest BCUT2D eigenvalue weighted by Crippen LogP contribution is 2.43. The van der Waals surface area contributed by atoms with E-state index in [2.05, 4.69) is 5.32 Å². The lowest BCUT2D eigenvalue weighted by atomic mass is 9.83. The molecule has 1 N–H and O–H groups in total. The fourth-order valence-corrected chi connectivity index (χ4v) is 8.03. The summed E-state index contributed by atoms with van der Waals surface area (Å²) in [4.78, 5) is 40.5.